The summed E-state index contributed by atoms with van der Waals surface area (Å²) in [6.07, 6.45) is -1.63. The molecule has 0 aliphatic carbocycles. The first-order chi connectivity index (χ1) is 19.0. The van der Waals surface area contributed by atoms with E-state index in [9.17, 15) is 27.6 Å². The molecule has 4 rings (SSSR count). The Bertz CT molecular complexity index is 1360. The molecule has 1 aliphatic rings. The van der Waals surface area contributed by atoms with Gasteiger partial charge in [0.2, 0.25) is 11.8 Å². The summed E-state index contributed by atoms with van der Waals surface area (Å²) in [6, 6.07) is 13.4. The summed E-state index contributed by atoms with van der Waals surface area (Å²) in [6.45, 7) is 3.74. The van der Waals surface area contributed by atoms with Crippen LogP contribution in [-0.4, -0.2) is 47.2 Å². The van der Waals surface area contributed by atoms with Crippen LogP contribution in [-0.2, 0) is 22.4 Å². The first kappa shape index (κ1) is 28.6. The number of ether oxygens (including phenoxy) is 1. The second-order valence-electron chi connectivity index (χ2n) is 9.65. The van der Waals surface area contributed by atoms with Crippen molar-refractivity contribution in [2.24, 2.45) is 0 Å². The van der Waals surface area contributed by atoms with Gasteiger partial charge in [-0.1, -0.05) is 36.4 Å². The van der Waals surface area contributed by atoms with E-state index in [4.69, 9.17) is 0 Å². The van der Waals surface area contributed by atoms with Gasteiger partial charge in [-0.25, -0.2) is 0 Å². The highest BCUT2D eigenvalue weighted by atomic mass is 19.4. The lowest BCUT2D eigenvalue weighted by Crippen LogP contribution is -2.55. The van der Waals surface area contributed by atoms with E-state index in [1.54, 1.807) is 4.90 Å². The number of hydrogen-bond donors (Lipinski definition) is 2. The maximum atomic E-state index is 13.6. The predicted octanol–water partition coefficient (Wildman–Crippen LogP) is 4.19. The van der Waals surface area contributed by atoms with Crippen LogP contribution in [0.3, 0.4) is 0 Å². The van der Waals surface area contributed by atoms with Gasteiger partial charge < -0.3 is 20.3 Å². The lowest BCUT2D eigenvalue weighted by Gasteiger charge is -2.30. The molecule has 3 aromatic rings. The molecular formula is C29H29F3N4O4. The standard InChI is InChI=1S/C29H29F3N4O4/c1-18(2)36-24-9-5-3-7-19(24)11-12-22(28(36)39)34-27(38)23(35-26(37)20-13-15-33-16-14-20)17-21-8-4-6-10-25(21)40-29(30,31)32/h3-10,13-16,18,22-23H,11-12,17H2,1-2H3,(H,34,38)(H,35,37). The molecule has 8 nitrogen and oxygen atoms in total. The Hall–Kier alpha value is -4.41. The molecule has 40 heavy (non-hydrogen) atoms. The summed E-state index contributed by atoms with van der Waals surface area (Å²) in [4.78, 5) is 45.7. The number of benzene rings is 2. The lowest BCUT2D eigenvalue weighted by atomic mass is 10.0. The fourth-order valence-electron chi connectivity index (χ4n) is 4.68. The Labute approximate surface area is 229 Å². The Morgan fingerprint density at radius 1 is 1.05 bits per heavy atom. The highest BCUT2D eigenvalue weighted by Gasteiger charge is 2.36. The minimum Gasteiger partial charge on any atom is -0.406 e. The van der Waals surface area contributed by atoms with Crippen LogP contribution in [0.1, 0.15) is 41.8 Å². The molecule has 0 saturated carbocycles. The van der Waals surface area contributed by atoms with Crippen molar-refractivity contribution >= 4 is 23.4 Å². The summed E-state index contributed by atoms with van der Waals surface area (Å²) in [5.74, 6) is -2.14. The molecule has 3 amide bonds. The Balaban J connectivity index is 1.61. The molecule has 2 heterocycles. The van der Waals surface area contributed by atoms with Crippen molar-refractivity contribution < 1.29 is 32.3 Å². The average molecular weight is 555 g/mol. The van der Waals surface area contributed by atoms with Gasteiger partial charge in [-0.05, 0) is 62.1 Å². The zero-order valence-electron chi connectivity index (χ0n) is 21.9. The number of alkyl halides is 3. The van der Waals surface area contributed by atoms with E-state index >= 15 is 0 Å². The number of halogens is 3. The number of hydrogen-bond acceptors (Lipinski definition) is 5. The van der Waals surface area contributed by atoms with E-state index in [0.717, 1.165) is 17.3 Å². The molecule has 2 aromatic carbocycles. The zero-order chi connectivity index (χ0) is 28.9. The number of pyridine rings is 1. The Kier molecular flexibility index (Phi) is 8.71. The number of aryl methyl sites for hydroxylation is 1. The third-order valence-corrected chi connectivity index (χ3v) is 6.51. The molecule has 0 fully saturated rings. The lowest BCUT2D eigenvalue weighted by molar-refractivity contribution is -0.274. The first-order valence-electron chi connectivity index (χ1n) is 12.8. The van der Waals surface area contributed by atoms with Crippen LogP contribution in [0, 0.1) is 0 Å². The fraction of sp³-hybridized carbons (Fsp3) is 0.310. The summed E-state index contributed by atoms with van der Waals surface area (Å²) >= 11 is 0. The number of aromatic nitrogens is 1. The monoisotopic (exact) mass is 554 g/mol. The van der Waals surface area contributed by atoms with Crippen molar-refractivity contribution in [2.75, 3.05) is 4.90 Å². The van der Waals surface area contributed by atoms with Gasteiger partial charge in [0.15, 0.2) is 0 Å². The van der Waals surface area contributed by atoms with Crippen molar-refractivity contribution in [1.82, 2.24) is 15.6 Å². The van der Waals surface area contributed by atoms with Crippen LogP contribution in [0.5, 0.6) is 5.75 Å². The molecule has 11 heteroatoms. The molecule has 0 bridgehead atoms. The van der Waals surface area contributed by atoms with Crippen molar-refractivity contribution in [3.05, 3.63) is 89.7 Å². The largest absolute Gasteiger partial charge is 0.573 e. The van der Waals surface area contributed by atoms with Crippen LogP contribution in [0.25, 0.3) is 0 Å². The van der Waals surface area contributed by atoms with Crippen molar-refractivity contribution in [2.45, 2.75) is 57.6 Å². The Morgan fingerprint density at radius 3 is 2.42 bits per heavy atom. The number of nitrogens with zero attached hydrogens (tertiary/aromatic N) is 2. The third kappa shape index (κ3) is 6.96. The summed E-state index contributed by atoms with van der Waals surface area (Å²) in [7, 11) is 0. The molecule has 2 N–H and O–H groups in total. The highest BCUT2D eigenvalue weighted by Crippen LogP contribution is 2.30. The number of amides is 3. The van der Waals surface area contributed by atoms with E-state index in [2.05, 4.69) is 20.4 Å². The summed E-state index contributed by atoms with van der Waals surface area (Å²) < 4.78 is 43.3. The maximum absolute atomic E-state index is 13.6. The smallest absolute Gasteiger partial charge is 0.406 e. The Morgan fingerprint density at radius 2 is 1.73 bits per heavy atom. The second-order valence-corrected chi connectivity index (χ2v) is 9.65. The molecule has 1 aromatic heterocycles. The van der Waals surface area contributed by atoms with Gasteiger partial charge >= 0.3 is 6.36 Å². The third-order valence-electron chi connectivity index (χ3n) is 6.51. The molecule has 2 atom stereocenters. The first-order valence-corrected chi connectivity index (χ1v) is 12.8. The number of para-hydroxylation sites is 2. The zero-order valence-corrected chi connectivity index (χ0v) is 21.9. The number of nitrogens with one attached hydrogen (secondary N) is 2. The molecular weight excluding hydrogens is 525 g/mol. The topological polar surface area (TPSA) is 101 Å². The van der Waals surface area contributed by atoms with Gasteiger partial charge in [0, 0.05) is 36.1 Å². The van der Waals surface area contributed by atoms with E-state index < -0.39 is 36.0 Å². The molecule has 210 valence electrons. The number of carbonyl (C=O) groups is 3. The molecule has 0 radical (unpaired) electrons. The van der Waals surface area contributed by atoms with Crippen LogP contribution >= 0.6 is 0 Å². The minimum absolute atomic E-state index is 0.0541. The molecule has 1 aliphatic heterocycles. The second kappa shape index (κ2) is 12.2. The summed E-state index contributed by atoms with van der Waals surface area (Å²) in [5.41, 5.74) is 1.99. The fourth-order valence-corrected chi connectivity index (χ4v) is 4.68. The van der Waals surface area contributed by atoms with Gasteiger partial charge in [-0.15, -0.1) is 13.2 Å². The van der Waals surface area contributed by atoms with Crippen LogP contribution < -0.4 is 20.3 Å². The van der Waals surface area contributed by atoms with E-state index in [1.165, 1.54) is 42.7 Å². The average Bonchev–Trinajstić information content (AvgIpc) is 3.05. The van der Waals surface area contributed by atoms with Crippen molar-refractivity contribution in [1.29, 1.82) is 0 Å². The number of fused-ring (bicyclic) bond motifs is 1. The number of anilines is 1. The van der Waals surface area contributed by atoms with Gasteiger partial charge in [0.05, 0.1) is 0 Å². The quantitative estimate of drug-likeness (QED) is 0.435. The van der Waals surface area contributed by atoms with Gasteiger partial charge in [-0.2, -0.15) is 0 Å². The normalized spacial score (nSPS) is 16.1. The molecule has 2 unspecified atom stereocenters. The van der Waals surface area contributed by atoms with Crippen molar-refractivity contribution in [3.63, 3.8) is 0 Å². The van der Waals surface area contributed by atoms with Crippen LogP contribution in [0.15, 0.2) is 73.1 Å². The van der Waals surface area contributed by atoms with Gasteiger partial charge in [-0.3, -0.25) is 19.4 Å². The molecule has 0 saturated heterocycles. The predicted molar refractivity (Wildman–Crippen MR) is 142 cm³/mol. The van der Waals surface area contributed by atoms with E-state index in [0.29, 0.717) is 12.8 Å². The van der Waals surface area contributed by atoms with Crippen LogP contribution in [0.2, 0.25) is 0 Å². The maximum Gasteiger partial charge on any atom is 0.573 e. The minimum atomic E-state index is -4.95. The van der Waals surface area contributed by atoms with Gasteiger partial charge in [0.1, 0.15) is 17.8 Å². The van der Waals surface area contributed by atoms with E-state index in [1.807, 2.05) is 38.1 Å². The van der Waals surface area contributed by atoms with Crippen molar-refractivity contribution in [3.8, 4) is 5.75 Å². The number of rotatable bonds is 8. The SMILES string of the molecule is CC(C)N1C(=O)C(NC(=O)C(Cc2ccccc2OC(F)(F)F)NC(=O)c2ccncc2)CCc2ccccc21. The van der Waals surface area contributed by atoms with E-state index in [-0.39, 0.29) is 29.5 Å². The summed E-state index contributed by atoms with van der Waals surface area (Å²) in [5, 5.41) is 5.36. The van der Waals surface area contributed by atoms with Gasteiger partial charge in [0.25, 0.3) is 5.91 Å². The number of carbonyl (C=O) groups excluding carboxylic acids is 3. The highest BCUT2D eigenvalue weighted by molar-refractivity contribution is 6.02. The molecule has 0 spiro atoms. The van der Waals surface area contributed by atoms with Crippen LogP contribution in [0.4, 0.5) is 18.9 Å².